The zero-order valence-corrected chi connectivity index (χ0v) is 15.3. The first-order valence-corrected chi connectivity index (χ1v) is 8.56. The largest absolute Gasteiger partial charge is 0.489 e. The molecule has 134 valence electrons. The van der Waals surface area contributed by atoms with Gasteiger partial charge in [0.2, 0.25) is 0 Å². The van der Waals surface area contributed by atoms with Crippen molar-refractivity contribution in [2.45, 2.75) is 13.5 Å². The molecule has 3 rings (SSSR count). The Hall–Kier alpha value is -2.50. The molecule has 0 unspecified atom stereocenters. The molecule has 0 saturated carbocycles. The number of esters is 1. The molecule has 0 N–H and O–H groups in total. The van der Waals surface area contributed by atoms with Crippen LogP contribution in [0.5, 0.6) is 5.75 Å². The van der Waals surface area contributed by atoms with Crippen LogP contribution in [0, 0.1) is 0 Å². The maximum Gasteiger partial charge on any atom is 0.351 e. The van der Waals surface area contributed by atoms with Crippen LogP contribution in [0.15, 0.2) is 51.7 Å². The van der Waals surface area contributed by atoms with E-state index in [0.29, 0.717) is 32.3 Å². The van der Waals surface area contributed by atoms with Gasteiger partial charge in [0.05, 0.1) is 6.61 Å². The van der Waals surface area contributed by atoms with E-state index in [4.69, 9.17) is 37.1 Å². The lowest BCUT2D eigenvalue weighted by Crippen LogP contribution is -2.16. The SMILES string of the molecule is CCOC(=O)c1cc2ccc(OCc3c(Cl)cccc3Cl)cc2oc1=O. The van der Waals surface area contributed by atoms with Gasteiger partial charge in [-0.05, 0) is 37.3 Å². The van der Waals surface area contributed by atoms with Gasteiger partial charge >= 0.3 is 11.6 Å². The van der Waals surface area contributed by atoms with Gasteiger partial charge in [-0.2, -0.15) is 0 Å². The van der Waals surface area contributed by atoms with Gasteiger partial charge in [-0.1, -0.05) is 29.3 Å². The Kier molecular flexibility index (Phi) is 5.49. The summed E-state index contributed by atoms with van der Waals surface area (Å²) in [7, 11) is 0. The molecule has 0 radical (unpaired) electrons. The summed E-state index contributed by atoms with van der Waals surface area (Å²) < 4.78 is 15.8. The summed E-state index contributed by atoms with van der Waals surface area (Å²) in [5, 5.41) is 1.59. The number of hydrogen-bond donors (Lipinski definition) is 0. The van der Waals surface area contributed by atoms with Gasteiger partial charge in [-0.3, -0.25) is 0 Å². The lowest BCUT2D eigenvalue weighted by Gasteiger charge is -2.10. The minimum atomic E-state index is -0.762. The molecule has 0 spiro atoms. The topological polar surface area (TPSA) is 65.7 Å². The molecule has 1 aromatic heterocycles. The van der Waals surface area contributed by atoms with Crippen LogP contribution < -0.4 is 10.4 Å². The predicted molar refractivity (Wildman–Crippen MR) is 99.2 cm³/mol. The number of halogens is 2. The molecule has 7 heteroatoms. The van der Waals surface area contributed by atoms with Crippen molar-refractivity contribution in [2.24, 2.45) is 0 Å². The van der Waals surface area contributed by atoms with Crippen LogP contribution >= 0.6 is 23.2 Å². The maximum absolute atomic E-state index is 12.0. The summed E-state index contributed by atoms with van der Waals surface area (Å²) in [5.74, 6) is -0.239. The van der Waals surface area contributed by atoms with Crippen molar-refractivity contribution in [1.29, 1.82) is 0 Å². The van der Waals surface area contributed by atoms with E-state index in [2.05, 4.69) is 0 Å². The van der Waals surface area contributed by atoms with Crippen LogP contribution in [0.3, 0.4) is 0 Å². The van der Waals surface area contributed by atoms with Crippen LogP contribution in [0.4, 0.5) is 0 Å². The fourth-order valence-corrected chi connectivity index (χ4v) is 2.86. The average molecular weight is 393 g/mol. The lowest BCUT2D eigenvalue weighted by molar-refractivity contribution is 0.0522. The second-order valence-corrected chi connectivity index (χ2v) is 6.17. The number of rotatable bonds is 5. The monoisotopic (exact) mass is 392 g/mol. The first-order chi connectivity index (χ1) is 12.5. The summed E-state index contributed by atoms with van der Waals surface area (Å²) in [6.07, 6.45) is 0. The summed E-state index contributed by atoms with van der Waals surface area (Å²) in [6.45, 7) is 2.00. The average Bonchev–Trinajstić information content (AvgIpc) is 2.60. The van der Waals surface area contributed by atoms with E-state index >= 15 is 0 Å². The van der Waals surface area contributed by atoms with Crippen molar-refractivity contribution in [3.05, 3.63) is 74.1 Å². The zero-order chi connectivity index (χ0) is 18.7. The van der Waals surface area contributed by atoms with Gasteiger partial charge in [-0.25, -0.2) is 9.59 Å². The molecule has 2 aromatic carbocycles. The van der Waals surface area contributed by atoms with Crippen LogP contribution in [0.25, 0.3) is 11.0 Å². The molecule has 5 nitrogen and oxygen atoms in total. The molecular formula is C19H14Cl2O5. The maximum atomic E-state index is 12.0. The second-order valence-electron chi connectivity index (χ2n) is 5.36. The fourth-order valence-electron chi connectivity index (χ4n) is 2.36. The first kappa shape index (κ1) is 18.3. The van der Waals surface area contributed by atoms with Crippen molar-refractivity contribution in [1.82, 2.24) is 0 Å². The van der Waals surface area contributed by atoms with Crippen LogP contribution in [-0.2, 0) is 11.3 Å². The van der Waals surface area contributed by atoms with Crippen molar-refractivity contribution < 1.29 is 18.7 Å². The smallest absolute Gasteiger partial charge is 0.351 e. The Labute approximate surface area is 159 Å². The van der Waals surface area contributed by atoms with Crippen LogP contribution in [-0.4, -0.2) is 12.6 Å². The van der Waals surface area contributed by atoms with E-state index in [1.54, 1.807) is 43.3 Å². The van der Waals surface area contributed by atoms with E-state index in [1.807, 2.05) is 0 Å². The number of ether oxygens (including phenoxy) is 2. The number of hydrogen-bond acceptors (Lipinski definition) is 5. The molecule has 0 bridgehead atoms. The molecule has 0 amide bonds. The van der Waals surface area contributed by atoms with E-state index < -0.39 is 11.6 Å². The molecule has 0 fully saturated rings. The van der Waals surface area contributed by atoms with Gasteiger partial charge < -0.3 is 13.9 Å². The van der Waals surface area contributed by atoms with Gasteiger partial charge in [-0.15, -0.1) is 0 Å². The minimum Gasteiger partial charge on any atom is -0.489 e. The number of carbonyl (C=O) groups is 1. The normalized spacial score (nSPS) is 10.7. The third-order valence-electron chi connectivity index (χ3n) is 3.65. The third kappa shape index (κ3) is 3.84. The van der Waals surface area contributed by atoms with Crippen LogP contribution in [0.1, 0.15) is 22.8 Å². The minimum absolute atomic E-state index is 0.143. The van der Waals surface area contributed by atoms with Gasteiger partial charge in [0.25, 0.3) is 0 Å². The first-order valence-electron chi connectivity index (χ1n) is 7.80. The van der Waals surface area contributed by atoms with Gasteiger partial charge in [0.1, 0.15) is 23.5 Å². The fraction of sp³-hybridized carbons (Fsp3) is 0.158. The van der Waals surface area contributed by atoms with E-state index in [9.17, 15) is 9.59 Å². The molecule has 1 heterocycles. The Morgan fingerprint density at radius 1 is 1.12 bits per heavy atom. The molecular weight excluding hydrogens is 379 g/mol. The highest BCUT2D eigenvalue weighted by Crippen LogP contribution is 2.27. The van der Waals surface area contributed by atoms with Crippen LogP contribution in [0.2, 0.25) is 10.0 Å². The summed E-state index contributed by atoms with van der Waals surface area (Å²) >= 11 is 12.2. The van der Waals surface area contributed by atoms with Crippen molar-refractivity contribution in [3.8, 4) is 5.75 Å². The van der Waals surface area contributed by atoms with Gasteiger partial charge in [0, 0.05) is 27.1 Å². The van der Waals surface area contributed by atoms with E-state index in [1.165, 1.54) is 6.07 Å². The molecule has 0 aliphatic heterocycles. The number of carbonyl (C=O) groups excluding carboxylic acids is 1. The van der Waals surface area contributed by atoms with Crippen molar-refractivity contribution in [2.75, 3.05) is 6.61 Å². The highest BCUT2D eigenvalue weighted by atomic mass is 35.5. The quantitative estimate of drug-likeness (QED) is 0.458. The molecule has 0 saturated heterocycles. The molecule has 3 aromatic rings. The third-order valence-corrected chi connectivity index (χ3v) is 4.36. The van der Waals surface area contributed by atoms with Gasteiger partial charge in [0.15, 0.2) is 0 Å². The molecule has 0 aliphatic carbocycles. The predicted octanol–water partition coefficient (Wildman–Crippen LogP) is 4.86. The standard InChI is InChI=1S/C19H14Cl2O5/c1-2-24-18(22)13-8-11-6-7-12(9-17(11)26-19(13)23)25-10-14-15(20)4-3-5-16(14)21/h3-9H,2,10H2,1H3. The van der Waals surface area contributed by atoms with Crippen molar-refractivity contribution in [3.63, 3.8) is 0 Å². The molecule has 26 heavy (non-hydrogen) atoms. The lowest BCUT2D eigenvalue weighted by atomic mass is 10.2. The second kappa shape index (κ2) is 7.81. The Bertz CT molecular complexity index is 1010. The number of fused-ring (bicyclic) bond motifs is 1. The zero-order valence-electron chi connectivity index (χ0n) is 13.8. The van der Waals surface area contributed by atoms with E-state index in [-0.39, 0.29) is 18.8 Å². The Balaban J connectivity index is 1.87. The Morgan fingerprint density at radius 2 is 1.85 bits per heavy atom. The molecule has 0 atom stereocenters. The Morgan fingerprint density at radius 3 is 2.54 bits per heavy atom. The summed E-state index contributed by atoms with van der Waals surface area (Å²) in [4.78, 5) is 23.8. The number of benzene rings is 2. The summed E-state index contributed by atoms with van der Waals surface area (Å²) in [5.41, 5.74) is 0.0546. The highest BCUT2D eigenvalue weighted by Gasteiger charge is 2.15. The highest BCUT2D eigenvalue weighted by molar-refractivity contribution is 6.35. The van der Waals surface area contributed by atoms with E-state index in [0.717, 1.165) is 0 Å². The summed E-state index contributed by atoms with van der Waals surface area (Å²) in [6, 6.07) is 11.6. The molecule has 0 aliphatic rings. The van der Waals surface area contributed by atoms with Crippen molar-refractivity contribution >= 4 is 40.1 Å².